The molecule has 0 saturated heterocycles. The van der Waals surface area contributed by atoms with Crippen molar-refractivity contribution in [2.24, 2.45) is 5.92 Å². The van der Waals surface area contributed by atoms with Crippen molar-refractivity contribution in [3.63, 3.8) is 0 Å². The molecule has 82 valence electrons. The summed E-state index contributed by atoms with van der Waals surface area (Å²) in [6.07, 6.45) is 0. The average molecular weight is 230 g/mol. The first kappa shape index (κ1) is 11.8. The molecule has 1 aromatic rings. The van der Waals surface area contributed by atoms with E-state index in [4.69, 9.17) is 21.4 Å². The Morgan fingerprint density at radius 1 is 1.60 bits per heavy atom. The van der Waals surface area contributed by atoms with Gasteiger partial charge in [-0.3, -0.25) is 0 Å². The Balaban J connectivity index is 2.83. The van der Waals surface area contributed by atoms with Gasteiger partial charge in [0.1, 0.15) is 0 Å². The van der Waals surface area contributed by atoms with Crippen LogP contribution in [0.25, 0.3) is 0 Å². The third-order valence-corrected chi connectivity index (χ3v) is 1.89. The number of hydrogen-bond donors (Lipinski definition) is 1. The van der Waals surface area contributed by atoms with E-state index in [9.17, 15) is 4.79 Å². The highest BCUT2D eigenvalue weighted by Gasteiger charge is 2.12. The van der Waals surface area contributed by atoms with Crippen LogP contribution in [-0.2, 0) is 0 Å². The van der Waals surface area contributed by atoms with Crippen molar-refractivity contribution >= 4 is 17.6 Å². The van der Waals surface area contributed by atoms with Crippen LogP contribution in [0.5, 0.6) is 5.88 Å². The highest BCUT2D eigenvalue weighted by atomic mass is 35.5. The number of ether oxygens (including phenoxy) is 1. The van der Waals surface area contributed by atoms with Crippen LogP contribution in [-0.4, -0.2) is 22.7 Å². The van der Waals surface area contributed by atoms with Gasteiger partial charge in [-0.2, -0.15) is 0 Å². The van der Waals surface area contributed by atoms with Crippen LogP contribution in [0.1, 0.15) is 24.3 Å². The van der Waals surface area contributed by atoms with Crippen LogP contribution in [0.15, 0.2) is 12.1 Å². The second-order valence-electron chi connectivity index (χ2n) is 3.49. The molecular formula is C10H12ClNO3. The Morgan fingerprint density at radius 2 is 2.27 bits per heavy atom. The number of carboxylic acids is 1. The summed E-state index contributed by atoms with van der Waals surface area (Å²) in [6.45, 7) is 4.48. The molecule has 0 aromatic carbocycles. The van der Waals surface area contributed by atoms with E-state index in [1.165, 1.54) is 6.07 Å². The fourth-order valence-electron chi connectivity index (χ4n) is 0.907. The second kappa shape index (κ2) is 4.98. The standard InChI is InChI=1S/C10H12ClNO3/c1-6(2)5-15-8-4-3-7(11)9(12-8)10(13)14/h3-4,6H,5H2,1-2H3,(H,13,14). The molecule has 1 heterocycles. The van der Waals surface area contributed by atoms with Crippen LogP contribution >= 0.6 is 11.6 Å². The summed E-state index contributed by atoms with van der Waals surface area (Å²) in [6, 6.07) is 3.02. The van der Waals surface area contributed by atoms with Crippen LogP contribution in [0.3, 0.4) is 0 Å². The third kappa shape index (κ3) is 3.40. The van der Waals surface area contributed by atoms with Crippen LogP contribution < -0.4 is 4.74 Å². The molecule has 1 aromatic heterocycles. The predicted molar refractivity (Wildman–Crippen MR) is 56.5 cm³/mol. The van der Waals surface area contributed by atoms with Crippen LogP contribution in [0.4, 0.5) is 0 Å². The summed E-state index contributed by atoms with van der Waals surface area (Å²) in [5.74, 6) is -0.517. The molecule has 0 aliphatic heterocycles. The number of hydrogen-bond acceptors (Lipinski definition) is 3. The van der Waals surface area contributed by atoms with E-state index in [-0.39, 0.29) is 16.6 Å². The molecule has 5 heteroatoms. The van der Waals surface area contributed by atoms with Gasteiger partial charge in [0.2, 0.25) is 5.88 Å². The minimum absolute atomic E-state index is 0.111. The van der Waals surface area contributed by atoms with Crippen molar-refractivity contribution in [3.8, 4) is 5.88 Å². The van der Waals surface area contributed by atoms with Gasteiger partial charge in [0, 0.05) is 6.07 Å². The number of nitrogens with zero attached hydrogens (tertiary/aromatic N) is 1. The lowest BCUT2D eigenvalue weighted by molar-refractivity contribution is 0.0689. The maximum absolute atomic E-state index is 10.7. The van der Waals surface area contributed by atoms with E-state index in [1.807, 2.05) is 13.8 Å². The molecule has 0 bridgehead atoms. The number of halogens is 1. The molecule has 1 N–H and O–H groups in total. The van der Waals surface area contributed by atoms with Gasteiger partial charge in [-0.25, -0.2) is 9.78 Å². The monoisotopic (exact) mass is 229 g/mol. The topological polar surface area (TPSA) is 59.4 Å². The number of aromatic nitrogens is 1. The largest absolute Gasteiger partial charge is 0.477 e. The molecule has 0 spiro atoms. The Kier molecular flexibility index (Phi) is 3.91. The first-order valence-electron chi connectivity index (χ1n) is 4.53. The van der Waals surface area contributed by atoms with Gasteiger partial charge in [0.15, 0.2) is 5.69 Å². The van der Waals surface area contributed by atoms with Crippen LogP contribution in [0.2, 0.25) is 5.02 Å². The highest BCUT2D eigenvalue weighted by molar-refractivity contribution is 6.33. The van der Waals surface area contributed by atoms with Gasteiger partial charge in [-0.1, -0.05) is 25.4 Å². The molecule has 0 aliphatic carbocycles. The first-order chi connectivity index (χ1) is 7.00. The zero-order valence-corrected chi connectivity index (χ0v) is 9.28. The molecule has 0 fully saturated rings. The van der Waals surface area contributed by atoms with Crippen molar-refractivity contribution in [2.75, 3.05) is 6.61 Å². The molecule has 0 radical (unpaired) electrons. The molecule has 4 nitrogen and oxygen atoms in total. The quantitative estimate of drug-likeness (QED) is 0.862. The van der Waals surface area contributed by atoms with Gasteiger partial charge in [0.25, 0.3) is 0 Å². The summed E-state index contributed by atoms with van der Waals surface area (Å²) in [7, 11) is 0. The molecule has 0 saturated carbocycles. The fraction of sp³-hybridized carbons (Fsp3) is 0.400. The van der Waals surface area contributed by atoms with Crippen molar-refractivity contribution in [1.29, 1.82) is 0 Å². The summed E-state index contributed by atoms with van der Waals surface area (Å²) in [4.78, 5) is 14.5. The first-order valence-corrected chi connectivity index (χ1v) is 4.91. The Bertz CT molecular complexity index is 366. The molecular weight excluding hydrogens is 218 g/mol. The fourth-order valence-corrected chi connectivity index (χ4v) is 1.09. The number of rotatable bonds is 4. The van der Waals surface area contributed by atoms with E-state index in [1.54, 1.807) is 6.07 Å². The summed E-state index contributed by atoms with van der Waals surface area (Å²) in [5.41, 5.74) is -0.182. The zero-order chi connectivity index (χ0) is 11.4. The van der Waals surface area contributed by atoms with Crippen molar-refractivity contribution in [3.05, 3.63) is 22.8 Å². The normalized spacial score (nSPS) is 10.4. The number of carboxylic acid groups (broad SMARTS) is 1. The second-order valence-corrected chi connectivity index (χ2v) is 3.90. The zero-order valence-electron chi connectivity index (χ0n) is 8.53. The number of carbonyl (C=O) groups is 1. The van der Waals surface area contributed by atoms with Gasteiger partial charge in [-0.15, -0.1) is 0 Å². The molecule has 0 aliphatic rings. The highest BCUT2D eigenvalue weighted by Crippen LogP contribution is 2.18. The Labute approximate surface area is 92.8 Å². The minimum atomic E-state index is -1.16. The lowest BCUT2D eigenvalue weighted by Crippen LogP contribution is -2.08. The molecule has 0 unspecified atom stereocenters. The lowest BCUT2D eigenvalue weighted by atomic mass is 10.2. The Hall–Kier alpha value is -1.29. The molecule has 15 heavy (non-hydrogen) atoms. The molecule has 0 atom stereocenters. The lowest BCUT2D eigenvalue weighted by Gasteiger charge is -2.08. The maximum atomic E-state index is 10.7. The maximum Gasteiger partial charge on any atom is 0.356 e. The molecule has 0 amide bonds. The molecule has 1 rings (SSSR count). The smallest absolute Gasteiger partial charge is 0.356 e. The van der Waals surface area contributed by atoms with E-state index in [0.717, 1.165) is 0 Å². The van der Waals surface area contributed by atoms with Crippen LogP contribution in [0, 0.1) is 5.92 Å². The third-order valence-electron chi connectivity index (χ3n) is 1.59. The van der Waals surface area contributed by atoms with Gasteiger partial charge in [0.05, 0.1) is 11.6 Å². The van der Waals surface area contributed by atoms with E-state index in [0.29, 0.717) is 12.5 Å². The van der Waals surface area contributed by atoms with Gasteiger partial charge in [-0.05, 0) is 12.0 Å². The average Bonchev–Trinajstić information content (AvgIpc) is 2.16. The summed E-state index contributed by atoms with van der Waals surface area (Å²) >= 11 is 5.66. The predicted octanol–water partition coefficient (Wildman–Crippen LogP) is 2.47. The summed E-state index contributed by atoms with van der Waals surface area (Å²) in [5, 5.41) is 8.88. The van der Waals surface area contributed by atoms with Crippen molar-refractivity contribution < 1.29 is 14.6 Å². The minimum Gasteiger partial charge on any atom is -0.477 e. The summed E-state index contributed by atoms with van der Waals surface area (Å²) < 4.78 is 5.28. The number of aromatic carboxylic acids is 1. The van der Waals surface area contributed by atoms with Gasteiger partial charge < -0.3 is 9.84 Å². The Morgan fingerprint density at radius 3 is 2.80 bits per heavy atom. The SMILES string of the molecule is CC(C)COc1ccc(Cl)c(C(=O)O)n1. The van der Waals surface area contributed by atoms with E-state index >= 15 is 0 Å². The van der Waals surface area contributed by atoms with E-state index < -0.39 is 5.97 Å². The number of pyridine rings is 1. The van der Waals surface area contributed by atoms with Gasteiger partial charge >= 0.3 is 5.97 Å². The van der Waals surface area contributed by atoms with Crippen molar-refractivity contribution in [1.82, 2.24) is 4.98 Å². The van der Waals surface area contributed by atoms with E-state index in [2.05, 4.69) is 4.98 Å². The van der Waals surface area contributed by atoms with Crippen molar-refractivity contribution in [2.45, 2.75) is 13.8 Å².